The van der Waals surface area contributed by atoms with Gasteiger partial charge in [0.2, 0.25) is 15.9 Å². The molecule has 0 radical (unpaired) electrons. The molecule has 2 aromatic carbocycles. The van der Waals surface area contributed by atoms with Crippen LogP contribution in [0.3, 0.4) is 0 Å². The first-order valence-corrected chi connectivity index (χ1v) is 10.2. The summed E-state index contributed by atoms with van der Waals surface area (Å²) in [5.41, 5.74) is 1.69. The fourth-order valence-corrected chi connectivity index (χ4v) is 3.05. The van der Waals surface area contributed by atoms with Gasteiger partial charge in [-0.1, -0.05) is 58.4 Å². The van der Waals surface area contributed by atoms with E-state index in [1.165, 1.54) is 12.2 Å². The van der Waals surface area contributed by atoms with Gasteiger partial charge in [0.15, 0.2) is 0 Å². The Kier molecular flexibility index (Phi) is 7.77. The van der Waals surface area contributed by atoms with Gasteiger partial charge in [-0.25, -0.2) is 13.1 Å². The summed E-state index contributed by atoms with van der Waals surface area (Å²) < 4.78 is 27.1. The molecule has 0 bridgehead atoms. The lowest BCUT2D eigenvalue weighted by molar-refractivity contribution is -0.116. The molecule has 0 unspecified atom stereocenters. The number of hydrogen-bond acceptors (Lipinski definition) is 3. The second-order valence-electron chi connectivity index (χ2n) is 5.33. The summed E-state index contributed by atoms with van der Waals surface area (Å²) in [5, 5.41) is 3.73. The molecule has 26 heavy (non-hydrogen) atoms. The molecule has 0 aliphatic rings. The molecule has 0 atom stereocenters. The summed E-state index contributed by atoms with van der Waals surface area (Å²) >= 11 is 3.34. The van der Waals surface area contributed by atoms with E-state index < -0.39 is 10.0 Å². The van der Waals surface area contributed by atoms with Gasteiger partial charge in [0.1, 0.15) is 0 Å². The lowest BCUT2D eigenvalue weighted by Gasteiger charge is -2.04. The third kappa shape index (κ3) is 7.77. The summed E-state index contributed by atoms with van der Waals surface area (Å²) in [6.07, 6.45) is 4.61. The van der Waals surface area contributed by atoms with Gasteiger partial charge in [-0.05, 0) is 35.4 Å². The molecule has 5 nitrogen and oxygen atoms in total. The van der Waals surface area contributed by atoms with E-state index in [-0.39, 0.29) is 19.0 Å². The van der Waals surface area contributed by atoms with Crippen LogP contribution in [0.1, 0.15) is 11.1 Å². The second kappa shape index (κ2) is 10.1. The number of amides is 1. The van der Waals surface area contributed by atoms with Gasteiger partial charge < -0.3 is 5.32 Å². The van der Waals surface area contributed by atoms with Gasteiger partial charge in [0.25, 0.3) is 0 Å². The molecular weight excluding hydrogens is 416 g/mol. The van der Waals surface area contributed by atoms with Gasteiger partial charge in [0.05, 0.1) is 0 Å². The van der Waals surface area contributed by atoms with Gasteiger partial charge in [0, 0.05) is 29.0 Å². The minimum absolute atomic E-state index is 0.110. The smallest absolute Gasteiger partial charge is 0.244 e. The average Bonchev–Trinajstić information content (AvgIpc) is 2.64. The van der Waals surface area contributed by atoms with E-state index in [0.717, 1.165) is 21.0 Å². The van der Waals surface area contributed by atoms with Crippen molar-refractivity contribution in [2.75, 3.05) is 13.1 Å². The molecule has 7 heteroatoms. The highest BCUT2D eigenvalue weighted by atomic mass is 79.9. The van der Waals surface area contributed by atoms with Crippen molar-refractivity contribution >= 4 is 44.0 Å². The molecule has 0 heterocycles. The highest BCUT2D eigenvalue weighted by molar-refractivity contribution is 9.10. The Hall–Kier alpha value is -2.22. The first kappa shape index (κ1) is 20.1. The van der Waals surface area contributed by atoms with E-state index in [4.69, 9.17) is 0 Å². The lowest BCUT2D eigenvalue weighted by atomic mass is 10.2. The van der Waals surface area contributed by atoms with E-state index in [0.29, 0.717) is 0 Å². The zero-order valence-corrected chi connectivity index (χ0v) is 16.3. The van der Waals surface area contributed by atoms with Crippen LogP contribution in [0.15, 0.2) is 70.6 Å². The topological polar surface area (TPSA) is 75.3 Å². The van der Waals surface area contributed by atoms with Crippen molar-refractivity contribution in [3.8, 4) is 0 Å². The van der Waals surface area contributed by atoms with Crippen LogP contribution < -0.4 is 10.0 Å². The minimum atomic E-state index is -3.54. The van der Waals surface area contributed by atoms with Gasteiger partial charge in [-0.2, -0.15) is 0 Å². The van der Waals surface area contributed by atoms with Crippen LogP contribution >= 0.6 is 15.9 Å². The highest BCUT2D eigenvalue weighted by Gasteiger charge is 2.04. The summed E-state index contributed by atoms with van der Waals surface area (Å²) in [4.78, 5) is 11.7. The molecule has 2 rings (SSSR count). The number of benzene rings is 2. The normalized spacial score (nSPS) is 11.9. The molecule has 0 aliphatic heterocycles. The van der Waals surface area contributed by atoms with Crippen molar-refractivity contribution in [1.29, 1.82) is 0 Å². The molecule has 136 valence electrons. The van der Waals surface area contributed by atoms with Crippen LogP contribution in [0, 0.1) is 0 Å². The predicted octanol–water partition coefficient (Wildman–Crippen LogP) is 3.17. The molecule has 0 saturated heterocycles. The first-order valence-electron chi connectivity index (χ1n) is 7.89. The standard InChI is InChI=1S/C19H19BrN2O3S/c20-18-9-6-17(7-10-18)8-11-19(23)21-13-14-22-26(24,25)15-12-16-4-2-1-3-5-16/h1-12,15,22H,13-14H2,(H,21,23)/b11-8?,15-12+. The van der Waals surface area contributed by atoms with E-state index in [9.17, 15) is 13.2 Å². The maximum absolute atomic E-state index is 11.9. The third-order valence-corrected chi connectivity index (χ3v) is 4.89. The maximum atomic E-state index is 11.9. The zero-order chi connectivity index (χ0) is 18.8. The Morgan fingerprint density at radius 3 is 2.27 bits per heavy atom. The number of carbonyl (C=O) groups excluding carboxylic acids is 1. The third-order valence-electron chi connectivity index (χ3n) is 3.26. The number of nitrogens with one attached hydrogen (secondary N) is 2. The Balaban J connectivity index is 1.72. The Morgan fingerprint density at radius 2 is 1.58 bits per heavy atom. The van der Waals surface area contributed by atoms with Gasteiger partial charge >= 0.3 is 0 Å². The number of carbonyl (C=O) groups is 1. The van der Waals surface area contributed by atoms with Crippen LogP contribution in [0.5, 0.6) is 0 Å². The summed E-state index contributed by atoms with van der Waals surface area (Å²) in [6, 6.07) is 16.7. The van der Waals surface area contributed by atoms with Crippen LogP contribution in [0.4, 0.5) is 0 Å². The first-order chi connectivity index (χ1) is 12.4. The predicted molar refractivity (Wildman–Crippen MR) is 109 cm³/mol. The van der Waals surface area contributed by atoms with Gasteiger partial charge in [-0.3, -0.25) is 4.79 Å². The van der Waals surface area contributed by atoms with E-state index in [1.54, 1.807) is 6.08 Å². The molecule has 1 amide bonds. The molecular formula is C19H19BrN2O3S. The lowest BCUT2D eigenvalue weighted by Crippen LogP contribution is -2.33. The number of hydrogen-bond donors (Lipinski definition) is 2. The quantitative estimate of drug-likeness (QED) is 0.494. The van der Waals surface area contributed by atoms with E-state index >= 15 is 0 Å². The summed E-state index contributed by atoms with van der Waals surface area (Å²) in [6.45, 7) is 0.307. The van der Waals surface area contributed by atoms with Crippen LogP contribution in [0.25, 0.3) is 12.2 Å². The van der Waals surface area contributed by atoms with Crippen molar-refractivity contribution < 1.29 is 13.2 Å². The monoisotopic (exact) mass is 434 g/mol. The molecule has 0 aliphatic carbocycles. The molecule has 2 N–H and O–H groups in total. The van der Waals surface area contributed by atoms with Crippen molar-refractivity contribution in [3.63, 3.8) is 0 Å². The van der Waals surface area contributed by atoms with E-state index in [2.05, 4.69) is 26.0 Å². The zero-order valence-electron chi connectivity index (χ0n) is 13.9. The number of halogens is 1. The van der Waals surface area contributed by atoms with Crippen molar-refractivity contribution in [2.24, 2.45) is 0 Å². The molecule has 0 saturated carbocycles. The minimum Gasteiger partial charge on any atom is -0.351 e. The molecule has 0 aromatic heterocycles. The van der Waals surface area contributed by atoms with Gasteiger partial charge in [-0.15, -0.1) is 0 Å². The van der Waals surface area contributed by atoms with Crippen LogP contribution in [-0.4, -0.2) is 27.4 Å². The fourth-order valence-electron chi connectivity index (χ4n) is 1.96. The number of rotatable bonds is 8. The Morgan fingerprint density at radius 1 is 0.923 bits per heavy atom. The number of sulfonamides is 1. The fraction of sp³-hybridized carbons (Fsp3) is 0.105. The maximum Gasteiger partial charge on any atom is 0.244 e. The van der Waals surface area contributed by atoms with Crippen LogP contribution in [0.2, 0.25) is 0 Å². The molecule has 0 fully saturated rings. The van der Waals surface area contributed by atoms with Crippen molar-refractivity contribution in [3.05, 3.63) is 81.7 Å². The SMILES string of the molecule is O=C(C=Cc1ccc(Br)cc1)NCCNS(=O)(=O)/C=C/c1ccccc1. The molecule has 2 aromatic rings. The molecule has 0 spiro atoms. The van der Waals surface area contributed by atoms with E-state index in [1.807, 2.05) is 54.6 Å². The second-order valence-corrected chi connectivity index (χ2v) is 7.90. The average molecular weight is 435 g/mol. The summed E-state index contributed by atoms with van der Waals surface area (Å²) in [5.74, 6) is -0.285. The largest absolute Gasteiger partial charge is 0.351 e. The van der Waals surface area contributed by atoms with Crippen molar-refractivity contribution in [2.45, 2.75) is 0 Å². The van der Waals surface area contributed by atoms with Crippen molar-refractivity contribution in [1.82, 2.24) is 10.0 Å². The Bertz CT molecular complexity index is 877. The van der Waals surface area contributed by atoms with Crippen LogP contribution in [-0.2, 0) is 14.8 Å². The summed E-state index contributed by atoms with van der Waals surface area (Å²) in [7, 11) is -3.54. The Labute approximate surface area is 162 Å². The highest BCUT2D eigenvalue weighted by Crippen LogP contribution is 2.11.